The van der Waals surface area contributed by atoms with Crippen molar-refractivity contribution in [3.63, 3.8) is 0 Å². The van der Waals surface area contributed by atoms with Gasteiger partial charge in [0.25, 0.3) is 0 Å². The number of methoxy groups -OCH3 is 1. The molecule has 3 unspecified atom stereocenters. The largest absolute Gasteiger partial charge is 0.465 e. The maximum absolute atomic E-state index is 11.0. The molecule has 1 aliphatic rings. The van der Waals surface area contributed by atoms with E-state index >= 15 is 0 Å². The number of rotatable bonds is 8. The Balaban J connectivity index is 0.000000311. The summed E-state index contributed by atoms with van der Waals surface area (Å²) >= 11 is 1.23. The first-order valence-electron chi connectivity index (χ1n) is 10.5. The third-order valence-corrected chi connectivity index (χ3v) is 5.98. The van der Waals surface area contributed by atoms with Crippen molar-refractivity contribution in [2.75, 3.05) is 25.2 Å². The smallest absolute Gasteiger partial charge is 0.411 e. The summed E-state index contributed by atoms with van der Waals surface area (Å²) in [5.74, 6) is 0.0784. The Bertz CT molecular complexity index is 722. The second-order valence-electron chi connectivity index (χ2n) is 7.76. The molecular formula is C23H36N2O5S. The van der Waals surface area contributed by atoms with Gasteiger partial charge in [-0.05, 0) is 51.8 Å². The number of nitrogens with two attached hydrogens (primary N) is 1. The fraction of sp³-hybridized carbons (Fsp3) is 0.565. The van der Waals surface area contributed by atoms with Crippen molar-refractivity contribution in [2.45, 2.75) is 63.6 Å². The van der Waals surface area contributed by atoms with Crippen LogP contribution in [-0.2, 0) is 14.3 Å². The summed E-state index contributed by atoms with van der Waals surface area (Å²) in [5, 5.41) is 10.0. The highest BCUT2D eigenvalue weighted by Gasteiger charge is 2.29. The fourth-order valence-corrected chi connectivity index (χ4v) is 4.12. The molecular weight excluding hydrogens is 416 g/mol. The summed E-state index contributed by atoms with van der Waals surface area (Å²) in [6.45, 7) is 7.12. The van der Waals surface area contributed by atoms with Gasteiger partial charge >= 0.3 is 6.09 Å². The zero-order valence-corrected chi connectivity index (χ0v) is 19.7. The van der Waals surface area contributed by atoms with Gasteiger partial charge in [-0.15, -0.1) is 11.8 Å². The van der Waals surface area contributed by atoms with Gasteiger partial charge in [-0.2, -0.15) is 0 Å². The maximum atomic E-state index is 11.0. The number of ether oxygens (including phenoxy) is 2. The number of amides is 2. The molecule has 1 aromatic carbocycles. The molecule has 0 spiro atoms. The van der Waals surface area contributed by atoms with Crippen LogP contribution in [0.4, 0.5) is 10.5 Å². The number of hydrogen-bond donors (Lipinski definition) is 3. The molecule has 0 aliphatic heterocycles. The normalized spacial score (nSPS) is 18.8. The van der Waals surface area contributed by atoms with E-state index in [4.69, 9.17) is 20.3 Å². The predicted octanol–water partition coefficient (Wildman–Crippen LogP) is 4.72. The topological polar surface area (TPSA) is 111 Å². The highest BCUT2D eigenvalue weighted by atomic mass is 32.2. The van der Waals surface area contributed by atoms with E-state index in [0.29, 0.717) is 23.8 Å². The van der Waals surface area contributed by atoms with Crippen LogP contribution in [-0.4, -0.2) is 48.8 Å². The molecule has 1 saturated carbocycles. The van der Waals surface area contributed by atoms with Gasteiger partial charge in [0.1, 0.15) is 0 Å². The van der Waals surface area contributed by atoms with Gasteiger partial charge in [0.05, 0.1) is 24.6 Å². The highest BCUT2D eigenvalue weighted by molar-refractivity contribution is 8.00. The molecule has 7 nitrogen and oxygen atoms in total. The minimum Gasteiger partial charge on any atom is -0.465 e. The lowest BCUT2D eigenvalue weighted by Gasteiger charge is -2.34. The van der Waals surface area contributed by atoms with Crippen molar-refractivity contribution in [2.24, 2.45) is 5.92 Å². The summed E-state index contributed by atoms with van der Waals surface area (Å²) < 4.78 is 11.4. The fourth-order valence-electron chi connectivity index (χ4n) is 3.35. The standard InChI is InChI=1S/C14H26O2.C9H10N2O3S/c1-11(2)9-10-16-12(3)13-7-5-6-8-14(13)15-4;10-6-2-1-3-7(4-6)15-5-8(12)11-9(13)14/h9,12-14H,5-8,10H2,1-4H3;1-4H,5,10H2,(H,11,12)(H,13,14). The van der Waals surface area contributed by atoms with Crippen molar-refractivity contribution in [3.8, 4) is 0 Å². The zero-order valence-electron chi connectivity index (χ0n) is 18.9. The number of anilines is 1. The van der Waals surface area contributed by atoms with Crippen molar-refractivity contribution in [3.05, 3.63) is 35.9 Å². The number of imide groups is 1. The van der Waals surface area contributed by atoms with Crippen LogP contribution in [0, 0.1) is 5.92 Å². The molecule has 0 saturated heterocycles. The first-order chi connectivity index (χ1) is 14.7. The van der Waals surface area contributed by atoms with Gasteiger partial charge < -0.3 is 20.3 Å². The van der Waals surface area contributed by atoms with Crippen LogP contribution in [0.25, 0.3) is 0 Å². The molecule has 3 atom stereocenters. The lowest BCUT2D eigenvalue weighted by Crippen LogP contribution is -2.35. The summed E-state index contributed by atoms with van der Waals surface area (Å²) in [6, 6.07) is 7.03. The van der Waals surface area contributed by atoms with Crippen molar-refractivity contribution in [1.29, 1.82) is 0 Å². The molecule has 0 radical (unpaired) electrons. The third-order valence-electron chi connectivity index (χ3n) is 4.98. The van der Waals surface area contributed by atoms with E-state index in [-0.39, 0.29) is 5.75 Å². The number of carbonyl (C=O) groups excluding carboxylic acids is 1. The zero-order chi connectivity index (χ0) is 23.2. The maximum Gasteiger partial charge on any atom is 0.411 e. The van der Waals surface area contributed by atoms with E-state index in [1.54, 1.807) is 29.6 Å². The van der Waals surface area contributed by atoms with Crippen LogP contribution in [0.2, 0.25) is 0 Å². The first-order valence-corrected chi connectivity index (χ1v) is 11.5. The van der Waals surface area contributed by atoms with Gasteiger partial charge in [0, 0.05) is 23.6 Å². The quantitative estimate of drug-likeness (QED) is 0.297. The number of allylic oxidation sites excluding steroid dienone is 1. The molecule has 0 aromatic heterocycles. The number of carbonyl (C=O) groups is 2. The molecule has 174 valence electrons. The SMILES string of the molecule is COC1CCCCC1C(C)OCC=C(C)C.Nc1cccc(SCC(=O)NC(=O)O)c1. The van der Waals surface area contributed by atoms with Gasteiger partial charge in [-0.1, -0.05) is 30.6 Å². The Kier molecular flexibility index (Phi) is 13.0. The molecule has 31 heavy (non-hydrogen) atoms. The van der Waals surface area contributed by atoms with Gasteiger partial charge in [-0.3, -0.25) is 10.1 Å². The van der Waals surface area contributed by atoms with Crippen molar-refractivity contribution in [1.82, 2.24) is 5.32 Å². The Hall–Kier alpha value is -2.03. The lowest BCUT2D eigenvalue weighted by molar-refractivity contribution is -0.117. The van der Waals surface area contributed by atoms with E-state index in [1.165, 1.54) is 43.0 Å². The average molecular weight is 453 g/mol. The van der Waals surface area contributed by atoms with E-state index < -0.39 is 12.0 Å². The van der Waals surface area contributed by atoms with E-state index in [2.05, 4.69) is 26.8 Å². The second kappa shape index (κ2) is 14.9. The Morgan fingerprint density at radius 3 is 2.65 bits per heavy atom. The average Bonchev–Trinajstić information content (AvgIpc) is 2.72. The molecule has 1 aliphatic carbocycles. The molecule has 8 heteroatoms. The number of carboxylic acid groups (broad SMARTS) is 1. The van der Waals surface area contributed by atoms with Crippen molar-refractivity contribution < 1.29 is 24.2 Å². The second-order valence-corrected chi connectivity index (χ2v) is 8.81. The van der Waals surface area contributed by atoms with Crippen molar-refractivity contribution >= 4 is 29.4 Å². The summed E-state index contributed by atoms with van der Waals surface area (Å²) in [4.78, 5) is 21.9. The molecule has 2 rings (SSSR count). The molecule has 2 amide bonds. The number of thioether (sulfide) groups is 1. The monoisotopic (exact) mass is 452 g/mol. The minimum absolute atomic E-state index is 0.0513. The third kappa shape index (κ3) is 11.8. The number of nitrogen functional groups attached to an aromatic ring is 1. The number of benzene rings is 1. The van der Waals surface area contributed by atoms with E-state index in [0.717, 1.165) is 11.5 Å². The van der Waals surface area contributed by atoms with Crippen LogP contribution < -0.4 is 11.1 Å². The van der Waals surface area contributed by atoms with Crippen LogP contribution in [0.5, 0.6) is 0 Å². The Morgan fingerprint density at radius 2 is 2.03 bits per heavy atom. The highest BCUT2D eigenvalue weighted by Crippen LogP contribution is 2.30. The van der Waals surface area contributed by atoms with E-state index in [9.17, 15) is 9.59 Å². The van der Waals surface area contributed by atoms with Crippen LogP contribution in [0.3, 0.4) is 0 Å². The van der Waals surface area contributed by atoms with Crippen LogP contribution in [0.1, 0.15) is 46.5 Å². The summed E-state index contributed by atoms with van der Waals surface area (Å²) in [7, 11) is 1.83. The predicted molar refractivity (Wildman–Crippen MR) is 125 cm³/mol. The lowest BCUT2D eigenvalue weighted by atomic mass is 9.83. The van der Waals surface area contributed by atoms with Gasteiger partial charge in [0.15, 0.2) is 0 Å². The molecule has 1 fully saturated rings. The minimum atomic E-state index is -1.34. The number of nitrogens with one attached hydrogen (secondary N) is 1. The molecule has 0 bridgehead atoms. The van der Waals surface area contributed by atoms with Gasteiger partial charge in [0.2, 0.25) is 5.91 Å². The molecule has 0 heterocycles. The van der Waals surface area contributed by atoms with Crippen LogP contribution >= 0.6 is 11.8 Å². The first kappa shape index (κ1) is 27.0. The summed E-state index contributed by atoms with van der Waals surface area (Å²) in [5.41, 5.74) is 7.47. The molecule has 1 aromatic rings. The molecule has 4 N–H and O–H groups in total. The van der Waals surface area contributed by atoms with Crippen LogP contribution in [0.15, 0.2) is 40.8 Å². The van der Waals surface area contributed by atoms with E-state index in [1.807, 2.05) is 7.11 Å². The van der Waals surface area contributed by atoms with Gasteiger partial charge in [-0.25, -0.2) is 4.79 Å². The Morgan fingerprint density at radius 1 is 1.32 bits per heavy atom. The summed E-state index contributed by atoms with van der Waals surface area (Å²) in [6.07, 6.45) is 6.56. The Labute approximate surface area is 189 Å². The number of hydrogen-bond acceptors (Lipinski definition) is 6.